The van der Waals surface area contributed by atoms with Gasteiger partial charge in [0.1, 0.15) is 5.75 Å². The van der Waals surface area contributed by atoms with Crippen LogP contribution in [0.3, 0.4) is 0 Å². The zero-order valence-electron chi connectivity index (χ0n) is 15.5. The van der Waals surface area contributed by atoms with Crippen LogP contribution in [0.4, 0.5) is 8.78 Å². The summed E-state index contributed by atoms with van der Waals surface area (Å²) in [6.07, 6.45) is 0. The summed E-state index contributed by atoms with van der Waals surface area (Å²) in [4.78, 5) is 4.30. The van der Waals surface area contributed by atoms with Crippen molar-refractivity contribution in [1.82, 2.24) is 10.6 Å². The summed E-state index contributed by atoms with van der Waals surface area (Å²) in [5.41, 5.74) is 0.387. The van der Waals surface area contributed by atoms with Crippen LogP contribution in [-0.2, 0) is 16.4 Å². The first kappa shape index (κ1) is 24.5. The molecule has 0 atom stereocenters. The number of nitrogens with one attached hydrogen (secondary N) is 2. The van der Waals surface area contributed by atoms with Crippen molar-refractivity contribution in [3.8, 4) is 17.2 Å². The maximum atomic E-state index is 12.7. The van der Waals surface area contributed by atoms with Crippen LogP contribution in [0, 0.1) is 0 Å². The molecule has 0 amide bonds. The van der Waals surface area contributed by atoms with Gasteiger partial charge in [0.2, 0.25) is 6.79 Å². The van der Waals surface area contributed by atoms with Gasteiger partial charge in [0.15, 0.2) is 27.3 Å². The third kappa shape index (κ3) is 7.45. The lowest BCUT2D eigenvalue weighted by Crippen LogP contribution is -2.39. The van der Waals surface area contributed by atoms with Gasteiger partial charge in [-0.05, 0) is 13.0 Å². The highest BCUT2D eigenvalue weighted by Gasteiger charge is 2.20. The molecule has 160 valence electrons. The van der Waals surface area contributed by atoms with E-state index < -0.39 is 16.4 Å². The number of halogens is 3. The highest BCUT2D eigenvalue weighted by Crippen LogP contribution is 2.38. The van der Waals surface area contributed by atoms with Crippen molar-refractivity contribution >= 4 is 39.8 Å². The van der Waals surface area contributed by atoms with Crippen molar-refractivity contribution in [2.45, 2.75) is 27.0 Å². The van der Waals surface area contributed by atoms with Gasteiger partial charge in [-0.3, -0.25) is 0 Å². The molecule has 0 aromatic heterocycles. The molecule has 0 fully saturated rings. The van der Waals surface area contributed by atoms with E-state index in [9.17, 15) is 17.2 Å². The molecular weight excluding hydrogens is 511 g/mol. The summed E-state index contributed by atoms with van der Waals surface area (Å²) in [5.74, 6) is 1.10. The molecule has 0 radical (unpaired) electrons. The van der Waals surface area contributed by atoms with Crippen LogP contribution in [0.25, 0.3) is 0 Å². The number of aliphatic imine (C=N–C) groups is 1. The van der Waals surface area contributed by atoms with Crippen LogP contribution >= 0.6 is 24.0 Å². The minimum Gasteiger partial charge on any atom is -0.454 e. The van der Waals surface area contributed by atoms with Gasteiger partial charge in [0.05, 0.1) is 12.3 Å². The van der Waals surface area contributed by atoms with E-state index in [1.807, 2.05) is 6.92 Å². The Bertz CT molecular complexity index is 778. The van der Waals surface area contributed by atoms with E-state index in [0.29, 0.717) is 29.6 Å². The van der Waals surface area contributed by atoms with Gasteiger partial charge < -0.3 is 24.8 Å². The van der Waals surface area contributed by atoms with Crippen molar-refractivity contribution in [2.24, 2.45) is 4.99 Å². The Hall–Kier alpha value is -1.57. The highest BCUT2D eigenvalue weighted by atomic mass is 127. The van der Waals surface area contributed by atoms with Gasteiger partial charge in [-0.25, -0.2) is 13.4 Å². The Balaban J connectivity index is 0.00000392. The van der Waals surface area contributed by atoms with Gasteiger partial charge in [-0.15, -0.1) is 24.0 Å². The minimum absolute atomic E-state index is 0. The number of rotatable bonds is 9. The second kappa shape index (κ2) is 11.4. The molecule has 1 aromatic rings. The third-order valence-electron chi connectivity index (χ3n) is 3.67. The van der Waals surface area contributed by atoms with Crippen molar-refractivity contribution in [1.29, 1.82) is 0 Å². The molecule has 0 saturated heterocycles. The standard InChI is InChI=1S/C16H23F2N3O5S.HI/c1-3-19-16(20-5-6-27(22,23)4-2)21-9-11-7-13-14(25-10-24-13)8-12(11)26-15(17)18;/h7-8,15H,3-6,9-10H2,1-2H3,(H2,19,20,21);1H. The average Bonchev–Trinajstić information content (AvgIpc) is 3.06. The topological polar surface area (TPSA) is 98.2 Å². The van der Waals surface area contributed by atoms with Gasteiger partial charge >= 0.3 is 6.61 Å². The number of fused-ring (bicyclic) bond motifs is 1. The molecule has 1 heterocycles. The van der Waals surface area contributed by atoms with Crippen molar-refractivity contribution < 1.29 is 31.4 Å². The van der Waals surface area contributed by atoms with Crippen LogP contribution in [-0.4, -0.2) is 52.4 Å². The van der Waals surface area contributed by atoms with Crippen LogP contribution in [0.2, 0.25) is 0 Å². The van der Waals surface area contributed by atoms with Crippen LogP contribution in [0.5, 0.6) is 17.2 Å². The highest BCUT2D eigenvalue weighted by molar-refractivity contribution is 14.0. The van der Waals surface area contributed by atoms with Crippen LogP contribution in [0.15, 0.2) is 17.1 Å². The molecule has 8 nitrogen and oxygen atoms in total. The first-order valence-electron chi connectivity index (χ1n) is 8.44. The molecule has 0 aliphatic carbocycles. The Morgan fingerprint density at radius 3 is 2.54 bits per heavy atom. The molecule has 0 spiro atoms. The molecule has 0 saturated carbocycles. The fourth-order valence-corrected chi connectivity index (χ4v) is 2.97. The third-order valence-corrected chi connectivity index (χ3v) is 5.37. The Labute approximate surface area is 180 Å². The van der Waals surface area contributed by atoms with Gasteiger partial charge in [-0.1, -0.05) is 6.92 Å². The molecule has 0 bridgehead atoms. The fraction of sp³-hybridized carbons (Fsp3) is 0.562. The minimum atomic E-state index is -3.10. The lowest BCUT2D eigenvalue weighted by atomic mass is 10.1. The Morgan fingerprint density at radius 2 is 1.93 bits per heavy atom. The largest absolute Gasteiger partial charge is 0.454 e. The average molecular weight is 535 g/mol. The molecule has 28 heavy (non-hydrogen) atoms. The number of guanidine groups is 1. The summed E-state index contributed by atoms with van der Waals surface area (Å²) in [7, 11) is -3.10. The Kier molecular flexibility index (Phi) is 9.99. The van der Waals surface area contributed by atoms with E-state index >= 15 is 0 Å². The molecule has 2 rings (SSSR count). The molecule has 0 unspecified atom stereocenters. The molecule has 2 N–H and O–H groups in total. The zero-order chi connectivity index (χ0) is 19.9. The molecular formula is C16H24F2IN3O5S. The lowest BCUT2D eigenvalue weighted by molar-refractivity contribution is -0.0505. The predicted octanol–water partition coefficient (Wildman–Crippen LogP) is 2.12. The zero-order valence-corrected chi connectivity index (χ0v) is 18.7. The summed E-state index contributed by atoms with van der Waals surface area (Å²) < 4.78 is 63.4. The van der Waals surface area contributed by atoms with Crippen molar-refractivity contribution in [3.05, 3.63) is 17.7 Å². The maximum absolute atomic E-state index is 12.7. The number of ether oxygens (including phenoxy) is 3. The van der Waals surface area contributed by atoms with E-state index in [-0.39, 0.29) is 61.1 Å². The Morgan fingerprint density at radius 1 is 1.25 bits per heavy atom. The second-order valence-corrected chi connectivity index (χ2v) is 8.02. The number of hydrogen-bond donors (Lipinski definition) is 2. The fourth-order valence-electron chi connectivity index (χ4n) is 2.27. The first-order chi connectivity index (χ1) is 12.8. The van der Waals surface area contributed by atoms with Crippen LogP contribution in [0.1, 0.15) is 19.4 Å². The summed E-state index contributed by atoms with van der Waals surface area (Å²) >= 11 is 0. The number of sulfone groups is 1. The van der Waals surface area contributed by atoms with Crippen LogP contribution < -0.4 is 24.8 Å². The van der Waals surface area contributed by atoms with E-state index in [0.717, 1.165) is 0 Å². The first-order valence-corrected chi connectivity index (χ1v) is 10.3. The van der Waals surface area contributed by atoms with E-state index in [4.69, 9.17) is 9.47 Å². The van der Waals surface area contributed by atoms with Crippen molar-refractivity contribution in [2.75, 3.05) is 31.4 Å². The van der Waals surface area contributed by atoms with Gasteiger partial charge in [0.25, 0.3) is 0 Å². The quantitative estimate of drug-likeness (QED) is 0.284. The molecule has 1 aromatic carbocycles. The summed E-state index contributed by atoms with van der Waals surface area (Å²) in [6, 6.07) is 2.88. The van der Waals surface area contributed by atoms with E-state index in [1.54, 1.807) is 6.92 Å². The molecule has 1 aliphatic rings. The van der Waals surface area contributed by atoms with Gasteiger partial charge in [0, 0.05) is 30.5 Å². The SMILES string of the molecule is CCNC(=NCc1cc2c(cc1OC(F)F)OCO2)NCCS(=O)(=O)CC.I. The normalized spacial score (nSPS) is 13.2. The second-order valence-electron chi connectivity index (χ2n) is 5.55. The van der Waals surface area contributed by atoms with Crippen molar-refractivity contribution in [3.63, 3.8) is 0 Å². The monoisotopic (exact) mass is 535 g/mol. The smallest absolute Gasteiger partial charge is 0.387 e. The number of hydrogen-bond acceptors (Lipinski definition) is 6. The molecule has 1 aliphatic heterocycles. The number of nitrogens with zero attached hydrogens (tertiary/aromatic N) is 1. The maximum Gasteiger partial charge on any atom is 0.387 e. The number of alkyl halides is 2. The summed E-state index contributed by atoms with van der Waals surface area (Å²) in [6.45, 7) is 1.21. The van der Waals surface area contributed by atoms with E-state index in [2.05, 4.69) is 20.4 Å². The number of benzene rings is 1. The summed E-state index contributed by atoms with van der Waals surface area (Å²) in [5, 5.41) is 5.88. The van der Waals surface area contributed by atoms with E-state index in [1.165, 1.54) is 12.1 Å². The molecule has 12 heteroatoms. The predicted molar refractivity (Wildman–Crippen MR) is 112 cm³/mol. The van der Waals surface area contributed by atoms with Gasteiger partial charge in [-0.2, -0.15) is 8.78 Å². The lowest BCUT2D eigenvalue weighted by Gasteiger charge is -2.13.